The standard InChI is InChI=1S/C25H21ClFN3O2/c1-29(2)20-13-11-19(12-14-20)28-23-22(16-7-9-18(26)10-8-16)24(31)30(25(23)32)15-17-5-3-4-6-21(17)27/h3-14,28H,15H2,1-2H3. The molecule has 1 N–H and O–H groups in total. The van der Waals surface area contributed by atoms with Gasteiger partial charge in [0.25, 0.3) is 11.8 Å². The number of anilines is 2. The maximum Gasteiger partial charge on any atom is 0.278 e. The van der Waals surface area contributed by atoms with E-state index in [1.165, 1.54) is 6.07 Å². The molecule has 0 fully saturated rings. The molecule has 0 radical (unpaired) electrons. The number of nitrogens with one attached hydrogen (secondary N) is 1. The maximum atomic E-state index is 14.2. The second-order valence-electron chi connectivity index (χ2n) is 7.61. The van der Waals surface area contributed by atoms with E-state index >= 15 is 0 Å². The molecule has 4 rings (SSSR count). The van der Waals surface area contributed by atoms with Crippen LogP contribution < -0.4 is 10.2 Å². The molecule has 162 valence electrons. The Labute approximate surface area is 190 Å². The van der Waals surface area contributed by atoms with Crippen molar-refractivity contribution in [2.75, 3.05) is 24.3 Å². The lowest BCUT2D eigenvalue weighted by atomic mass is 10.0. The quantitative estimate of drug-likeness (QED) is 0.542. The minimum atomic E-state index is -0.514. The van der Waals surface area contributed by atoms with Gasteiger partial charge in [0.1, 0.15) is 11.5 Å². The van der Waals surface area contributed by atoms with Crippen LogP contribution in [0.1, 0.15) is 11.1 Å². The van der Waals surface area contributed by atoms with Crippen LogP contribution in [-0.2, 0) is 16.1 Å². The van der Waals surface area contributed by atoms with Gasteiger partial charge in [0.05, 0.1) is 12.1 Å². The van der Waals surface area contributed by atoms with Crippen LogP contribution in [0.3, 0.4) is 0 Å². The highest BCUT2D eigenvalue weighted by Crippen LogP contribution is 2.32. The number of amides is 2. The van der Waals surface area contributed by atoms with E-state index in [9.17, 15) is 14.0 Å². The Hall–Kier alpha value is -3.64. The number of carbonyl (C=O) groups excluding carboxylic acids is 2. The number of hydrogen-bond donors (Lipinski definition) is 1. The molecule has 0 atom stereocenters. The predicted octanol–water partition coefficient (Wildman–Crippen LogP) is 4.94. The molecule has 1 aliphatic rings. The smallest absolute Gasteiger partial charge is 0.278 e. The Morgan fingerprint density at radius 3 is 2.19 bits per heavy atom. The molecule has 0 aliphatic carbocycles. The summed E-state index contributed by atoms with van der Waals surface area (Å²) in [7, 11) is 3.87. The first-order valence-electron chi connectivity index (χ1n) is 9.99. The number of benzene rings is 3. The molecule has 2 amide bonds. The maximum absolute atomic E-state index is 14.2. The van der Waals surface area contributed by atoms with Gasteiger partial charge < -0.3 is 10.2 Å². The van der Waals surface area contributed by atoms with Crippen LogP contribution in [0.15, 0.2) is 78.5 Å². The van der Waals surface area contributed by atoms with E-state index in [4.69, 9.17) is 11.6 Å². The van der Waals surface area contributed by atoms with Crippen molar-refractivity contribution in [3.05, 3.63) is 100 Å². The highest BCUT2D eigenvalue weighted by atomic mass is 35.5. The summed E-state index contributed by atoms with van der Waals surface area (Å²) >= 11 is 6.00. The second-order valence-corrected chi connectivity index (χ2v) is 8.05. The third-order valence-corrected chi connectivity index (χ3v) is 5.49. The van der Waals surface area contributed by atoms with E-state index in [0.717, 1.165) is 10.6 Å². The fourth-order valence-corrected chi connectivity index (χ4v) is 3.63. The molecule has 7 heteroatoms. The topological polar surface area (TPSA) is 52.7 Å². The second kappa shape index (κ2) is 8.85. The molecule has 1 aliphatic heterocycles. The van der Waals surface area contributed by atoms with E-state index in [2.05, 4.69) is 5.32 Å². The molecule has 5 nitrogen and oxygen atoms in total. The van der Waals surface area contributed by atoms with E-state index in [1.54, 1.807) is 42.5 Å². The average molecular weight is 450 g/mol. The van der Waals surface area contributed by atoms with Crippen molar-refractivity contribution in [1.82, 2.24) is 4.90 Å². The summed E-state index contributed by atoms with van der Waals surface area (Å²) < 4.78 is 14.2. The summed E-state index contributed by atoms with van der Waals surface area (Å²) in [5.74, 6) is -1.48. The molecule has 32 heavy (non-hydrogen) atoms. The van der Waals surface area contributed by atoms with Gasteiger partial charge in [-0.2, -0.15) is 0 Å². The van der Waals surface area contributed by atoms with Crippen LogP contribution in [-0.4, -0.2) is 30.8 Å². The molecule has 0 saturated carbocycles. The number of nitrogens with zero attached hydrogens (tertiary/aromatic N) is 2. The van der Waals surface area contributed by atoms with Gasteiger partial charge in [-0.25, -0.2) is 4.39 Å². The van der Waals surface area contributed by atoms with Gasteiger partial charge in [-0.15, -0.1) is 0 Å². The van der Waals surface area contributed by atoms with Crippen LogP contribution in [0.4, 0.5) is 15.8 Å². The molecule has 3 aromatic rings. The zero-order valence-corrected chi connectivity index (χ0v) is 18.4. The van der Waals surface area contributed by atoms with E-state index in [-0.39, 0.29) is 23.4 Å². The molecule has 0 aromatic heterocycles. The van der Waals surface area contributed by atoms with Gasteiger partial charge in [-0.1, -0.05) is 41.9 Å². The van der Waals surface area contributed by atoms with Crippen molar-refractivity contribution in [2.24, 2.45) is 0 Å². The lowest BCUT2D eigenvalue weighted by Crippen LogP contribution is -2.32. The fourth-order valence-electron chi connectivity index (χ4n) is 3.50. The Balaban J connectivity index is 1.72. The van der Waals surface area contributed by atoms with Crippen LogP contribution in [0, 0.1) is 5.82 Å². The van der Waals surface area contributed by atoms with Gasteiger partial charge >= 0.3 is 0 Å². The van der Waals surface area contributed by atoms with Crippen molar-refractivity contribution in [3.8, 4) is 0 Å². The summed E-state index contributed by atoms with van der Waals surface area (Å²) in [5, 5.41) is 3.62. The number of halogens is 2. The fraction of sp³-hybridized carbons (Fsp3) is 0.120. The molecular weight excluding hydrogens is 429 g/mol. The van der Waals surface area contributed by atoms with Gasteiger partial charge in [-0.05, 0) is 48.0 Å². The summed E-state index contributed by atoms with van der Waals surface area (Å²) in [6.45, 7) is -0.161. The third kappa shape index (κ3) is 4.22. The minimum absolute atomic E-state index is 0.145. The summed E-state index contributed by atoms with van der Waals surface area (Å²) in [4.78, 5) is 29.6. The summed E-state index contributed by atoms with van der Waals surface area (Å²) in [6, 6.07) is 20.3. The zero-order chi connectivity index (χ0) is 22.8. The van der Waals surface area contributed by atoms with E-state index in [1.807, 2.05) is 43.3 Å². The molecule has 0 spiro atoms. The van der Waals surface area contributed by atoms with E-state index < -0.39 is 17.6 Å². The highest BCUT2D eigenvalue weighted by molar-refractivity contribution is 6.36. The monoisotopic (exact) mass is 449 g/mol. The minimum Gasteiger partial charge on any atom is -0.378 e. The van der Waals surface area contributed by atoms with Crippen LogP contribution in [0.25, 0.3) is 5.57 Å². The average Bonchev–Trinajstić information content (AvgIpc) is 3.00. The number of hydrogen-bond acceptors (Lipinski definition) is 4. The first-order chi connectivity index (χ1) is 15.3. The van der Waals surface area contributed by atoms with Crippen molar-refractivity contribution in [3.63, 3.8) is 0 Å². The number of imide groups is 1. The van der Waals surface area contributed by atoms with Crippen LogP contribution >= 0.6 is 11.6 Å². The third-order valence-electron chi connectivity index (χ3n) is 5.24. The van der Waals surface area contributed by atoms with E-state index in [0.29, 0.717) is 16.3 Å². The van der Waals surface area contributed by atoms with Crippen molar-refractivity contribution in [2.45, 2.75) is 6.54 Å². The van der Waals surface area contributed by atoms with Gasteiger partial charge in [0.2, 0.25) is 0 Å². The highest BCUT2D eigenvalue weighted by Gasteiger charge is 2.39. The summed E-state index contributed by atoms with van der Waals surface area (Å²) in [5.41, 5.74) is 2.84. The Bertz CT molecular complexity index is 1200. The lowest BCUT2D eigenvalue weighted by Gasteiger charge is -2.16. The Morgan fingerprint density at radius 2 is 1.56 bits per heavy atom. The molecule has 3 aromatic carbocycles. The van der Waals surface area contributed by atoms with Gasteiger partial charge in [0, 0.05) is 36.1 Å². The SMILES string of the molecule is CN(C)c1ccc(NC2=C(c3ccc(Cl)cc3)C(=O)N(Cc3ccccc3F)C2=O)cc1. The normalized spacial score (nSPS) is 13.7. The molecule has 0 unspecified atom stereocenters. The molecular formula is C25H21ClFN3O2. The Kier molecular flexibility index (Phi) is 5.97. The van der Waals surface area contributed by atoms with Crippen molar-refractivity contribution in [1.29, 1.82) is 0 Å². The first-order valence-corrected chi connectivity index (χ1v) is 10.4. The van der Waals surface area contributed by atoms with Crippen LogP contribution in [0.2, 0.25) is 5.02 Å². The predicted molar refractivity (Wildman–Crippen MR) is 125 cm³/mol. The molecule has 1 heterocycles. The van der Waals surface area contributed by atoms with Crippen LogP contribution in [0.5, 0.6) is 0 Å². The lowest BCUT2D eigenvalue weighted by molar-refractivity contribution is -0.137. The number of carbonyl (C=O) groups is 2. The largest absolute Gasteiger partial charge is 0.378 e. The Morgan fingerprint density at radius 1 is 0.906 bits per heavy atom. The van der Waals surface area contributed by atoms with Crippen molar-refractivity contribution < 1.29 is 14.0 Å². The molecule has 0 saturated heterocycles. The van der Waals surface area contributed by atoms with Gasteiger partial charge in [0.15, 0.2) is 0 Å². The van der Waals surface area contributed by atoms with Crippen molar-refractivity contribution >= 4 is 40.4 Å². The first kappa shape index (κ1) is 21.6. The number of rotatable bonds is 6. The summed E-state index contributed by atoms with van der Waals surface area (Å²) in [6.07, 6.45) is 0. The van der Waals surface area contributed by atoms with Gasteiger partial charge in [-0.3, -0.25) is 14.5 Å². The zero-order valence-electron chi connectivity index (χ0n) is 17.6. The molecule has 0 bridgehead atoms.